The summed E-state index contributed by atoms with van der Waals surface area (Å²) in [6.07, 6.45) is 3.33. The number of aliphatic hydroxyl groups is 1. The van der Waals surface area contributed by atoms with Crippen molar-refractivity contribution in [2.75, 3.05) is 24.7 Å². The Labute approximate surface area is 204 Å². The van der Waals surface area contributed by atoms with E-state index in [9.17, 15) is 19.1 Å². The first-order valence-electron chi connectivity index (χ1n) is 12.1. The van der Waals surface area contributed by atoms with Crippen LogP contribution in [-0.4, -0.2) is 51.2 Å². The Morgan fingerprint density at radius 2 is 2.00 bits per heavy atom. The Kier molecular flexibility index (Phi) is 5.76. The number of rotatable bonds is 8. The van der Waals surface area contributed by atoms with Gasteiger partial charge in [0.1, 0.15) is 5.82 Å². The van der Waals surface area contributed by atoms with E-state index in [1.165, 1.54) is 38.6 Å². The molecule has 1 aromatic carbocycles. The molecule has 1 fully saturated rings. The van der Waals surface area contributed by atoms with Gasteiger partial charge in [-0.1, -0.05) is 0 Å². The number of halogens is 1. The van der Waals surface area contributed by atoms with E-state index in [-0.39, 0.29) is 46.0 Å². The molecule has 1 aliphatic carbocycles. The van der Waals surface area contributed by atoms with Crippen LogP contribution in [0.15, 0.2) is 30.6 Å². The van der Waals surface area contributed by atoms with Crippen LogP contribution >= 0.6 is 0 Å². The van der Waals surface area contributed by atoms with Gasteiger partial charge >= 0.3 is 0 Å². The first-order valence-corrected chi connectivity index (χ1v) is 10.6. The molecule has 0 saturated heterocycles. The summed E-state index contributed by atoms with van der Waals surface area (Å²) in [4.78, 5) is 33.2. The highest BCUT2D eigenvalue weighted by Crippen LogP contribution is 2.39. The average Bonchev–Trinajstić information content (AvgIpc) is 3.68. The number of ether oxygens (including phenoxy) is 1. The summed E-state index contributed by atoms with van der Waals surface area (Å²) < 4.78 is 42.2. The minimum atomic E-state index is -2.81. The molecule has 1 saturated carbocycles. The molecular weight excluding hydrogens is 457 g/mol. The van der Waals surface area contributed by atoms with E-state index in [2.05, 4.69) is 30.8 Å². The molecule has 12 heteroatoms. The van der Waals surface area contributed by atoms with Gasteiger partial charge in [0.15, 0.2) is 17.3 Å². The predicted octanol–water partition coefficient (Wildman–Crippen LogP) is 2.59. The Morgan fingerprint density at radius 1 is 1.20 bits per heavy atom. The van der Waals surface area contributed by atoms with Gasteiger partial charge in [0.25, 0.3) is 5.91 Å². The zero-order chi connectivity index (χ0) is 27.6. The number of anilines is 3. The van der Waals surface area contributed by atoms with Gasteiger partial charge in [0.05, 0.1) is 48.4 Å². The zero-order valence-electron chi connectivity index (χ0n) is 21.8. The molecule has 35 heavy (non-hydrogen) atoms. The monoisotopic (exact) mass is 484 g/mol. The molecule has 1 aliphatic rings. The lowest BCUT2D eigenvalue weighted by molar-refractivity contribution is -0.117. The highest BCUT2D eigenvalue weighted by molar-refractivity contribution is 6.00. The number of nitrogens with zero attached hydrogens (tertiary/aromatic N) is 4. The molecule has 182 valence electrons. The van der Waals surface area contributed by atoms with Gasteiger partial charge in [0, 0.05) is 34.7 Å². The van der Waals surface area contributed by atoms with Crippen LogP contribution in [0.4, 0.5) is 21.6 Å². The van der Waals surface area contributed by atoms with E-state index in [0.717, 1.165) is 18.9 Å². The van der Waals surface area contributed by atoms with Gasteiger partial charge in [-0.15, -0.1) is 10.2 Å². The van der Waals surface area contributed by atoms with Gasteiger partial charge < -0.3 is 25.8 Å². The Bertz CT molecular complexity index is 1370. The summed E-state index contributed by atoms with van der Waals surface area (Å²) in [5.41, 5.74) is 0.310. The van der Waals surface area contributed by atoms with E-state index in [1.807, 2.05) is 5.32 Å². The van der Waals surface area contributed by atoms with E-state index in [1.54, 1.807) is 0 Å². The maximum absolute atomic E-state index is 14.7. The van der Waals surface area contributed by atoms with Crippen molar-refractivity contribution < 1.29 is 27.9 Å². The molecule has 2 heterocycles. The second kappa shape index (κ2) is 9.97. The number of methoxy groups -OCH3 is 1. The molecule has 3 aromatic rings. The van der Waals surface area contributed by atoms with Gasteiger partial charge in [-0.25, -0.2) is 4.39 Å². The summed E-state index contributed by atoms with van der Waals surface area (Å²) in [7, 11) is 1.34. The number of amides is 2. The lowest BCUT2D eigenvalue weighted by Crippen LogP contribution is -2.22. The maximum Gasteiger partial charge on any atom is 0.273 e. The molecule has 0 spiro atoms. The molecule has 11 nitrogen and oxygen atoms in total. The molecule has 1 unspecified atom stereocenters. The summed E-state index contributed by atoms with van der Waals surface area (Å²) in [5.74, 6) is -2.05. The largest absolute Gasteiger partial charge is 0.494 e. The summed E-state index contributed by atoms with van der Waals surface area (Å²) in [6, 6.07) is 3.54. The number of carbonyl (C=O) groups excluding carboxylic acids is 2. The van der Waals surface area contributed by atoms with Crippen LogP contribution in [-0.2, 0) is 4.79 Å². The molecule has 2 amide bonds. The number of hydrogen-bond donors (Lipinski definition) is 4. The van der Waals surface area contributed by atoms with Crippen LogP contribution in [0.25, 0.3) is 11.3 Å². The fourth-order valence-electron chi connectivity index (χ4n) is 3.28. The molecule has 4 rings (SSSR count). The minimum Gasteiger partial charge on any atom is -0.494 e. The number of benzene rings is 1. The summed E-state index contributed by atoms with van der Waals surface area (Å²) in [6.45, 7) is -1.28. The number of hydrogen-bond acceptors (Lipinski definition) is 9. The van der Waals surface area contributed by atoms with Crippen LogP contribution in [0.3, 0.4) is 0 Å². The SMILES string of the molecule is [2H]C([2H])([2H])NC(=O)c1nnc(NC(=O)C2CC2)cc1Nc1cc(F)cc(-c2cnc(C(C)O)cn2)c1OC. The number of nitrogens with one attached hydrogen (secondary N) is 3. The number of carbonyl (C=O) groups is 2. The zero-order valence-corrected chi connectivity index (χ0v) is 18.8. The van der Waals surface area contributed by atoms with E-state index in [0.29, 0.717) is 5.69 Å². The highest BCUT2D eigenvalue weighted by atomic mass is 19.1. The molecule has 2 aromatic heterocycles. The van der Waals surface area contributed by atoms with Gasteiger partial charge in [-0.2, -0.15) is 0 Å². The fraction of sp³-hybridized carbons (Fsp3) is 0.304. The Hall–Kier alpha value is -4.19. The predicted molar refractivity (Wildman–Crippen MR) is 125 cm³/mol. The first-order chi connectivity index (χ1) is 17.9. The highest BCUT2D eigenvalue weighted by Gasteiger charge is 2.30. The fourth-order valence-corrected chi connectivity index (χ4v) is 3.28. The van der Waals surface area contributed by atoms with Gasteiger partial charge in [0.2, 0.25) is 5.91 Å². The van der Waals surface area contributed by atoms with E-state index >= 15 is 0 Å². The van der Waals surface area contributed by atoms with Crippen LogP contribution in [0.2, 0.25) is 0 Å². The van der Waals surface area contributed by atoms with Crippen molar-refractivity contribution in [3.8, 4) is 17.0 Å². The minimum absolute atomic E-state index is 0.00464. The molecular formula is C23H24FN7O4. The lowest BCUT2D eigenvalue weighted by Gasteiger charge is -2.17. The van der Waals surface area contributed by atoms with Crippen LogP contribution < -0.4 is 20.7 Å². The Balaban J connectivity index is 1.75. The Morgan fingerprint density at radius 3 is 2.63 bits per heavy atom. The molecule has 1 atom stereocenters. The van der Waals surface area contributed by atoms with Crippen molar-refractivity contribution in [2.24, 2.45) is 5.92 Å². The maximum atomic E-state index is 14.7. The third kappa shape index (κ3) is 5.32. The van der Waals surface area contributed by atoms with Gasteiger partial charge in [-0.05, 0) is 25.8 Å². The van der Waals surface area contributed by atoms with E-state index < -0.39 is 30.5 Å². The third-order valence-corrected chi connectivity index (χ3v) is 5.22. The van der Waals surface area contributed by atoms with Crippen LogP contribution in [0.1, 0.15) is 46.2 Å². The van der Waals surface area contributed by atoms with Crippen LogP contribution in [0.5, 0.6) is 5.75 Å². The van der Waals surface area contributed by atoms with Crippen molar-refractivity contribution in [3.05, 3.63) is 47.8 Å². The smallest absolute Gasteiger partial charge is 0.273 e. The van der Waals surface area contributed by atoms with E-state index in [4.69, 9.17) is 8.85 Å². The van der Waals surface area contributed by atoms with Crippen molar-refractivity contribution in [3.63, 3.8) is 0 Å². The van der Waals surface area contributed by atoms with Crippen molar-refractivity contribution >= 4 is 29.0 Å². The number of aliphatic hydroxyl groups excluding tert-OH is 1. The van der Waals surface area contributed by atoms with Crippen molar-refractivity contribution in [1.82, 2.24) is 25.5 Å². The molecule has 0 radical (unpaired) electrons. The quantitative estimate of drug-likeness (QED) is 0.378. The van der Waals surface area contributed by atoms with Crippen molar-refractivity contribution in [2.45, 2.75) is 25.9 Å². The molecule has 4 N–H and O–H groups in total. The second-order valence-electron chi connectivity index (χ2n) is 7.87. The first kappa shape index (κ1) is 20.2. The normalized spacial score (nSPS) is 15.3. The number of aromatic nitrogens is 4. The van der Waals surface area contributed by atoms with Crippen molar-refractivity contribution in [1.29, 1.82) is 0 Å². The van der Waals surface area contributed by atoms with Crippen LogP contribution in [0, 0.1) is 11.7 Å². The lowest BCUT2D eigenvalue weighted by atomic mass is 10.1. The topological polar surface area (TPSA) is 151 Å². The second-order valence-corrected chi connectivity index (χ2v) is 7.87. The average molecular weight is 485 g/mol. The van der Waals surface area contributed by atoms with Gasteiger partial charge in [-0.3, -0.25) is 19.6 Å². The summed E-state index contributed by atoms with van der Waals surface area (Å²) in [5, 5.41) is 24.6. The third-order valence-electron chi connectivity index (χ3n) is 5.22. The summed E-state index contributed by atoms with van der Waals surface area (Å²) >= 11 is 0. The molecule has 0 bridgehead atoms. The molecule has 0 aliphatic heterocycles. The standard InChI is InChI=1S/C23H24FN7O4/c1-11(32)17-9-27-18(10-26-17)14-6-13(24)7-16(21(14)35-3)28-15-8-19(29-22(33)12-4-5-12)30-31-20(15)23(34)25-2/h6-12,32H,4-5H2,1-3H3,(H,25,34)(H2,28,29,30,33)/i2D3.